The van der Waals surface area contributed by atoms with Crippen molar-refractivity contribution >= 4 is 11.8 Å². The molecule has 0 unspecified atom stereocenters. The lowest BCUT2D eigenvalue weighted by molar-refractivity contribution is 0.279. The highest BCUT2D eigenvalue weighted by Gasteiger charge is 2.06. The van der Waals surface area contributed by atoms with Crippen LogP contribution in [0, 0.1) is 6.92 Å². The van der Waals surface area contributed by atoms with E-state index in [1.807, 2.05) is 31.2 Å². The summed E-state index contributed by atoms with van der Waals surface area (Å²) in [6, 6.07) is 7.67. The highest BCUT2D eigenvalue weighted by Crippen LogP contribution is 2.27. The Labute approximate surface area is 91.8 Å². The van der Waals surface area contributed by atoms with Gasteiger partial charge in [0.25, 0.3) is 0 Å². The van der Waals surface area contributed by atoms with E-state index in [-0.39, 0.29) is 6.61 Å². The normalized spacial score (nSPS) is 10.5. The van der Waals surface area contributed by atoms with Crippen LogP contribution in [0.15, 0.2) is 34.3 Å². The SMILES string of the molecule is Cc1nc(Sc2ccccc2CO)n[nH]1. The van der Waals surface area contributed by atoms with E-state index >= 15 is 0 Å². The van der Waals surface area contributed by atoms with Crippen molar-refractivity contribution in [1.82, 2.24) is 15.2 Å². The molecule has 0 aliphatic heterocycles. The lowest BCUT2D eigenvalue weighted by Crippen LogP contribution is -1.87. The molecule has 0 saturated heterocycles. The van der Waals surface area contributed by atoms with Gasteiger partial charge < -0.3 is 5.11 Å². The minimum absolute atomic E-state index is 0.0343. The number of hydrogen-bond acceptors (Lipinski definition) is 4. The quantitative estimate of drug-likeness (QED) is 0.829. The number of nitrogens with one attached hydrogen (secondary N) is 1. The van der Waals surface area contributed by atoms with Gasteiger partial charge in [-0.15, -0.1) is 5.10 Å². The Bertz CT molecular complexity index is 455. The summed E-state index contributed by atoms with van der Waals surface area (Å²) in [7, 11) is 0. The highest BCUT2D eigenvalue weighted by atomic mass is 32.2. The van der Waals surface area contributed by atoms with Gasteiger partial charge >= 0.3 is 0 Å². The predicted molar refractivity (Wildman–Crippen MR) is 57.6 cm³/mol. The number of aliphatic hydroxyl groups excluding tert-OH is 1. The Morgan fingerprint density at radius 1 is 1.40 bits per heavy atom. The van der Waals surface area contributed by atoms with Gasteiger partial charge in [-0.3, -0.25) is 5.10 Å². The smallest absolute Gasteiger partial charge is 0.213 e. The highest BCUT2D eigenvalue weighted by molar-refractivity contribution is 7.99. The molecule has 2 aromatic rings. The molecule has 1 aromatic heterocycles. The zero-order valence-electron chi connectivity index (χ0n) is 8.27. The number of H-pyrrole nitrogens is 1. The fourth-order valence-electron chi connectivity index (χ4n) is 1.20. The molecule has 0 saturated carbocycles. The van der Waals surface area contributed by atoms with Crippen LogP contribution in [0.4, 0.5) is 0 Å². The van der Waals surface area contributed by atoms with Crippen LogP contribution in [0.5, 0.6) is 0 Å². The topological polar surface area (TPSA) is 61.8 Å². The first-order valence-corrected chi connectivity index (χ1v) is 5.37. The molecular formula is C10H11N3OS. The van der Waals surface area contributed by atoms with E-state index in [0.717, 1.165) is 16.3 Å². The zero-order valence-corrected chi connectivity index (χ0v) is 9.08. The van der Waals surface area contributed by atoms with Gasteiger partial charge in [0.15, 0.2) is 0 Å². The summed E-state index contributed by atoms with van der Waals surface area (Å²) in [5.41, 5.74) is 0.893. The van der Waals surface area contributed by atoms with Crippen molar-refractivity contribution in [3.8, 4) is 0 Å². The van der Waals surface area contributed by atoms with Gasteiger partial charge in [0, 0.05) is 4.90 Å². The summed E-state index contributed by atoms with van der Waals surface area (Å²) in [5.74, 6) is 0.791. The Balaban J connectivity index is 2.23. The Kier molecular flexibility index (Phi) is 3.03. The van der Waals surface area contributed by atoms with Crippen LogP contribution < -0.4 is 0 Å². The van der Waals surface area contributed by atoms with Crippen LogP contribution in [0.3, 0.4) is 0 Å². The molecule has 78 valence electrons. The third-order valence-corrected chi connectivity index (χ3v) is 2.90. The standard InChI is InChI=1S/C10H11N3OS/c1-7-11-10(13-12-7)15-9-5-3-2-4-8(9)6-14/h2-5,14H,6H2,1H3,(H,11,12,13). The summed E-state index contributed by atoms with van der Waals surface area (Å²) >= 11 is 1.45. The van der Waals surface area contributed by atoms with E-state index in [0.29, 0.717) is 5.16 Å². The van der Waals surface area contributed by atoms with Crippen molar-refractivity contribution in [3.05, 3.63) is 35.7 Å². The number of aryl methyl sites for hydroxylation is 1. The van der Waals surface area contributed by atoms with Crippen molar-refractivity contribution in [2.45, 2.75) is 23.6 Å². The van der Waals surface area contributed by atoms with Crippen LogP contribution in [0.2, 0.25) is 0 Å². The molecular weight excluding hydrogens is 210 g/mol. The molecule has 0 fully saturated rings. The van der Waals surface area contributed by atoms with Gasteiger partial charge in [0.2, 0.25) is 5.16 Å². The molecule has 2 N–H and O–H groups in total. The second-order valence-electron chi connectivity index (χ2n) is 3.07. The van der Waals surface area contributed by atoms with Crippen LogP contribution in [-0.2, 0) is 6.61 Å². The van der Waals surface area contributed by atoms with Gasteiger partial charge in [-0.1, -0.05) is 18.2 Å². The molecule has 0 aliphatic carbocycles. The van der Waals surface area contributed by atoms with Gasteiger partial charge in [-0.2, -0.15) is 0 Å². The van der Waals surface area contributed by atoms with Crippen molar-refractivity contribution in [2.75, 3.05) is 0 Å². The fraction of sp³-hybridized carbons (Fsp3) is 0.200. The number of rotatable bonds is 3. The van der Waals surface area contributed by atoms with Crippen molar-refractivity contribution < 1.29 is 5.11 Å². The van der Waals surface area contributed by atoms with E-state index in [1.54, 1.807) is 0 Å². The molecule has 4 nitrogen and oxygen atoms in total. The van der Waals surface area contributed by atoms with Crippen molar-refractivity contribution in [2.24, 2.45) is 0 Å². The molecule has 0 aliphatic rings. The summed E-state index contributed by atoms with van der Waals surface area (Å²) in [5, 5.41) is 16.6. The third kappa shape index (κ3) is 2.37. The molecule has 2 rings (SSSR count). The molecule has 15 heavy (non-hydrogen) atoms. The van der Waals surface area contributed by atoms with E-state index in [2.05, 4.69) is 15.2 Å². The Hall–Kier alpha value is -1.33. The van der Waals surface area contributed by atoms with Gasteiger partial charge in [-0.25, -0.2) is 4.98 Å². The Morgan fingerprint density at radius 3 is 2.87 bits per heavy atom. The summed E-state index contributed by atoms with van der Waals surface area (Å²) in [4.78, 5) is 5.18. The fourth-order valence-corrected chi connectivity index (χ4v) is 2.08. The predicted octanol–water partition coefficient (Wildman–Crippen LogP) is 1.76. The first-order valence-electron chi connectivity index (χ1n) is 4.55. The molecule has 0 atom stereocenters. The van der Waals surface area contributed by atoms with Gasteiger partial charge in [0.05, 0.1) is 6.61 Å². The summed E-state index contributed by atoms with van der Waals surface area (Å²) < 4.78 is 0. The van der Waals surface area contributed by atoms with Gasteiger partial charge in [0.1, 0.15) is 5.82 Å². The largest absolute Gasteiger partial charge is 0.392 e. The van der Waals surface area contributed by atoms with E-state index in [1.165, 1.54) is 11.8 Å². The number of nitrogens with zero attached hydrogens (tertiary/aromatic N) is 2. The maximum absolute atomic E-state index is 9.14. The number of aliphatic hydroxyl groups is 1. The van der Waals surface area contributed by atoms with Crippen molar-refractivity contribution in [3.63, 3.8) is 0 Å². The van der Waals surface area contributed by atoms with Crippen LogP contribution in [-0.4, -0.2) is 20.3 Å². The van der Waals surface area contributed by atoms with Crippen LogP contribution in [0.25, 0.3) is 0 Å². The maximum atomic E-state index is 9.14. The molecule has 5 heteroatoms. The van der Waals surface area contributed by atoms with E-state index in [4.69, 9.17) is 5.11 Å². The first kappa shape index (κ1) is 10.2. The van der Waals surface area contributed by atoms with Crippen LogP contribution in [0.1, 0.15) is 11.4 Å². The zero-order chi connectivity index (χ0) is 10.7. The van der Waals surface area contributed by atoms with E-state index < -0.39 is 0 Å². The molecule has 0 spiro atoms. The molecule has 0 bridgehead atoms. The van der Waals surface area contributed by atoms with Crippen molar-refractivity contribution in [1.29, 1.82) is 0 Å². The summed E-state index contributed by atoms with van der Waals surface area (Å²) in [6.45, 7) is 1.89. The van der Waals surface area contributed by atoms with Crippen LogP contribution >= 0.6 is 11.8 Å². The van der Waals surface area contributed by atoms with Gasteiger partial charge in [-0.05, 0) is 30.3 Å². The minimum atomic E-state index is 0.0343. The number of hydrogen-bond donors (Lipinski definition) is 2. The summed E-state index contributed by atoms with van der Waals surface area (Å²) in [6.07, 6.45) is 0. The van der Waals surface area contributed by atoms with E-state index in [9.17, 15) is 0 Å². The molecule has 1 aromatic carbocycles. The first-order chi connectivity index (χ1) is 7.29. The molecule has 0 radical (unpaired) electrons. The minimum Gasteiger partial charge on any atom is -0.392 e. The number of aromatic nitrogens is 3. The molecule has 0 amide bonds. The maximum Gasteiger partial charge on any atom is 0.213 e. The monoisotopic (exact) mass is 221 g/mol. The lowest BCUT2D eigenvalue weighted by atomic mass is 10.2. The number of aromatic amines is 1. The lowest BCUT2D eigenvalue weighted by Gasteiger charge is -2.02. The average Bonchev–Trinajstić information content (AvgIpc) is 2.65. The second kappa shape index (κ2) is 4.46. The molecule has 1 heterocycles. The third-order valence-electron chi connectivity index (χ3n) is 1.92. The second-order valence-corrected chi connectivity index (χ2v) is 4.08. The Morgan fingerprint density at radius 2 is 2.20 bits per heavy atom. The number of benzene rings is 1. The average molecular weight is 221 g/mol.